The second kappa shape index (κ2) is 6.91. The average Bonchev–Trinajstić information content (AvgIpc) is 2.57. The molecular formula is C23H32. The fraction of sp³-hybridized carbons (Fsp3) is 0.478. The zero-order chi connectivity index (χ0) is 16.4. The third-order valence-electron chi connectivity index (χ3n) is 6.03. The van der Waals surface area contributed by atoms with E-state index in [2.05, 4.69) is 64.1 Å². The highest BCUT2D eigenvalue weighted by atomic mass is 14.2. The maximum absolute atomic E-state index is 2.39. The molecule has 0 saturated heterocycles. The summed E-state index contributed by atoms with van der Waals surface area (Å²) in [4.78, 5) is 0. The van der Waals surface area contributed by atoms with Gasteiger partial charge in [0.1, 0.15) is 0 Å². The van der Waals surface area contributed by atoms with Gasteiger partial charge in [-0.2, -0.15) is 0 Å². The first-order valence-corrected chi connectivity index (χ1v) is 9.19. The van der Waals surface area contributed by atoms with Gasteiger partial charge < -0.3 is 0 Å². The standard InChI is InChI=1S/C23H30.H2/c1-16-5-10-21(11-6-16)22-13-8-20(9-14-22)15-23-12-7-17(2)18(3)19(23)4;/h7-9,12-14,16,21H,5-6,10-11,15H2,1-4H3;1H. The number of hydrogen-bond donors (Lipinski definition) is 0. The highest BCUT2D eigenvalue weighted by Crippen LogP contribution is 2.35. The van der Waals surface area contributed by atoms with Gasteiger partial charge in [-0.25, -0.2) is 0 Å². The van der Waals surface area contributed by atoms with E-state index < -0.39 is 0 Å². The largest absolute Gasteiger partial charge is 0.0625 e. The Morgan fingerprint density at radius 1 is 0.826 bits per heavy atom. The van der Waals surface area contributed by atoms with E-state index in [4.69, 9.17) is 0 Å². The van der Waals surface area contributed by atoms with Crippen LogP contribution in [-0.2, 0) is 6.42 Å². The quantitative estimate of drug-likeness (QED) is 0.589. The molecule has 0 heterocycles. The van der Waals surface area contributed by atoms with E-state index in [9.17, 15) is 0 Å². The van der Waals surface area contributed by atoms with Gasteiger partial charge in [-0.1, -0.05) is 56.2 Å². The summed E-state index contributed by atoms with van der Waals surface area (Å²) in [5.41, 5.74) is 8.74. The molecule has 1 saturated carbocycles. The van der Waals surface area contributed by atoms with Crippen molar-refractivity contribution in [2.24, 2.45) is 5.92 Å². The fourth-order valence-electron chi connectivity index (χ4n) is 3.92. The number of benzene rings is 2. The first-order chi connectivity index (χ1) is 11.0. The van der Waals surface area contributed by atoms with Crippen molar-refractivity contribution >= 4 is 0 Å². The molecule has 0 atom stereocenters. The summed E-state index contributed by atoms with van der Waals surface area (Å²) < 4.78 is 0. The third kappa shape index (κ3) is 3.68. The van der Waals surface area contributed by atoms with Crippen molar-refractivity contribution in [1.82, 2.24) is 0 Å². The average molecular weight is 309 g/mol. The Morgan fingerprint density at radius 3 is 2.13 bits per heavy atom. The van der Waals surface area contributed by atoms with Crippen LogP contribution in [-0.4, -0.2) is 0 Å². The van der Waals surface area contributed by atoms with Gasteiger partial charge in [-0.05, 0) is 85.3 Å². The second-order valence-electron chi connectivity index (χ2n) is 7.67. The van der Waals surface area contributed by atoms with Crippen LogP contribution >= 0.6 is 0 Å². The molecule has 0 nitrogen and oxygen atoms in total. The summed E-state index contributed by atoms with van der Waals surface area (Å²) in [7, 11) is 0. The highest BCUT2D eigenvalue weighted by molar-refractivity contribution is 5.41. The van der Waals surface area contributed by atoms with Crippen molar-refractivity contribution in [1.29, 1.82) is 0 Å². The highest BCUT2D eigenvalue weighted by Gasteiger charge is 2.19. The number of aryl methyl sites for hydroxylation is 1. The molecule has 1 aliphatic rings. The van der Waals surface area contributed by atoms with Gasteiger partial charge in [0.25, 0.3) is 0 Å². The number of rotatable bonds is 3. The normalized spacial score (nSPS) is 21.4. The van der Waals surface area contributed by atoms with Gasteiger partial charge in [0.15, 0.2) is 0 Å². The molecule has 0 N–H and O–H groups in total. The van der Waals surface area contributed by atoms with Gasteiger partial charge in [-0.3, -0.25) is 0 Å². The molecule has 0 radical (unpaired) electrons. The Labute approximate surface area is 143 Å². The molecule has 0 aliphatic heterocycles. The lowest BCUT2D eigenvalue weighted by atomic mass is 9.79. The first-order valence-electron chi connectivity index (χ1n) is 9.19. The van der Waals surface area contributed by atoms with Crippen molar-refractivity contribution < 1.29 is 1.43 Å². The van der Waals surface area contributed by atoms with Gasteiger partial charge in [0.05, 0.1) is 0 Å². The molecule has 0 spiro atoms. The SMILES string of the molecule is Cc1ccc(Cc2ccc(C3CCC(C)CC3)cc2)c(C)c1C.[HH]. The Hall–Kier alpha value is -1.56. The van der Waals surface area contributed by atoms with Crippen LogP contribution in [0.5, 0.6) is 0 Å². The molecule has 0 unspecified atom stereocenters. The predicted molar refractivity (Wildman–Crippen MR) is 102 cm³/mol. The molecule has 23 heavy (non-hydrogen) atoms. The molecule has 1 aliphatic carbocycles. The second-order valence-corrected chi connectivity index (χ2v) is 7.67. The molecule has 0 aromatic heterocycles. The lowest BCUT2D eigenvalue weighted by Crippen LogP contribution is -2.10. The molecule has 0 heteroatoms. The maximum Gasteiger partial charge on any atom is 0 e. The Balaban J connectivity index is 0.00000208. The lowest BCUT2D eigenvalue weighted by molar-refractivity contribution is 0.348. The monoisotopic (exact) mass is 308 g/mol. The minimum atomic E-state index is 0. The smallest absolute Gasteiger partial charge is 0 e. The van der Waals surface area contributed by atoms with Crippen molar-refractivity contribution in [3.8, 4) is 0 Å². The molecule has 3 rings (SSSR count). The van der Waals surface area contributed by atoms with Crippen LogP contribution in [0.2, 0.25) is 0 Å². The van der Waals surface area contributed by atoms with Crippen LogP contribution in [0.25, 0.3) is 0 Å². The van der Waals surface area contributed by atoms with Gasteiger partial charge >= 0.3 is 0 Å². The van der Waals surface area contributed by atoms with Gasteiger partial charge in [0, 0.05) is 1.43 Å². The van der Waals surface area contributed by atoms with Crippen LogP contribution < -0.4 is 0 Å². The molecule has 0 bridgehead atoms. The third-order valence-corrected chi connectivity index (χ3v) is 6.03. The zero-order valence-corrected chi connectivity index (χ0v) is 15.2. The van der Waals surface area contributed by atoms with Gasteiger partial charge in [-0.15, -0.1) is 0 Å². The number of hydrogen-bond acceptors (Lipinski definition) is 0. The molecule has 2 aromatic carbocycles. The lowest BCUT2D eigenvalue weighted by Gasteiger charge is -2.26. The van der Waals surface area contributed by atoms with Crippen molar-refractivity contribution in [2.75, 3.05) is 0 Å². The summed E-state index contributed by atoms with van der Waals surface area (Å²) in [6, 6.07) is 14.0. The van der Waals surface area contributed by atoms with Crippen LogP contribution in [0.15, 0.2) is 36.4 Å². The van der Waals surface area contributed by atoms with Crippen LogP contribution in [0.3, 0.4) is 0 Å². The summed E-state index contributed by atoms with van der Waals surface area (Å²) in [6.45, 7) is 9.09. The van der Waals surface area contributed by atoms with Crippen molar-refractivity contribution in [3.63, 3.8) is 0 Å². The minimum absolute atomic E-state index is 0. The Bertz CT molecular complexity index is 661. The van der Waals surface area contributed by atoms with Crippen molar-refractivity contribution in [3.05, 3.63) is 69.8 Å². The van der Waals surface area contributed by atoms with Gasteiger partial charge in [0.2, 0.25) is 0 Å². The fourth-order valence-corrected chi connectivity index (χ4v) is 3.92. The topological polar surface area (TPSA) is 0 Å². The molecule has 2 aromatic rings. The Kier molecular flexibility index (Phi) is 4.90. The van der Waals surface area contributed by atoms with E-state index >= 15 is 0 Å². The van der Waals surface area contributed by atoms with E-state index in [1.807, 2.05) is 0 Å². The summed E-state index contributed by atoms with van der Waals surface area (Å²) in [5, 5.41) is 0. The molecular weight excluding hydrogens is 276 g/mol. The van der Waals surface area contributed by atoms with E-state index in [0.29, 0.717) is 0 Å². The summed E-state index contributed by atoms with van der Waals surface area (Å²) >= 11 is 0. The minimum Gasteiger partial charge on any atom is -0.0625 e. The first kappa shape index (κ1) is 16.3. The molecule has 0 amide bonds. The Morgan fingerprint density at radius 2 is 1.48 bits per heavy atom. The molecule has 1 fully saturated rings. The van der Waals surface area contributed by atoms with Crippen LogP contribution in [0, 0.1) is 26.7 Å². The van der Waals surface area contributed by atoms with Crippen LogP contribution in [0.4, 0.5) is 0 Å². The predicted octanol–water partition coefficient (Wildman–Crippen LogP) is 6.74. The van der Waals surface area contributed by atoms with E-state index in [-0.39, 0.29) is 1.43 Å². The summed E-state index contributed by atoms with van der Waals surface area (Å²) in [6.07, 6.45) is 6.59. The molecule has 124 valence electrons. The zero-order valence-electron chi connectivity index (χ0n) is 15.2. The van der Waals surface area contributed by atoms with E-state index in [1.165, 1.54) is 53.5 Å². The van der Waals surface area contributed by atoms with Crippen molar-refractivity contribution in [2.45, 2.75) is 65.7 Å². The van der Waals surface area contributed by atoms with Crippen LogP contribution in [0.1, 0.15) is 73.3 Å². The summed E-state index contributed by atoms with van der Waals surface area (Å²) in [5.74, 6) is 1.72. The maximum atomic E-state index is 2.39. The van der Waals surface area contributed by atoms with E-state index in [0.717, 1.165) is 18.3 Å². The van der Waals surface area contributed by atoms with E-state index in [1.54, 1.807) is 5.56 Å².